The van der Waals surface area contributed by atoms with E-state index in [-0.39, 0.29) is 13.1 Å². The predicted octanol–water partition coefficient (Wildman–Crippen LogP) is 0.693. The maximum absolute atomic E-state index is 12.1. The summed E-state index contributed by atoms with van der Waals surface area (Å²) in [5, 5.41) is 19.2. The zero-order chi connectivity index (χ0) is 15.3. The summed E-state index contributed by atoms with van der Waals surface area (Å²) >= 11 is 0. The number of aliphatic carboxylic acids is 1. The molecule has 20 heavy (non-hydrogen) atoms. The number of nitrogens with zero attached hydrogens (tertiary/aromatic N) is 4. The summed E-state index contributed by atoms with van der Waals surface area (Å²) in [5.74, 6) is -0.420. The number of urea groups is 1. The summed E-state index contributed by atoms with van der Waals surface area (Å²) in [4.78, 5) is 24.2. The Morgan fingerprint density at radius 2 is 2.10 bits per heavy atom. The van der Waals surface area contributed by atoms with Gasteiger partial charge in [0.1, 0.15) is 12.9 Å². The fraction of sp³-hybridized carbons (Fsp3) is 0.667. The minimum absolute atomic E-state index is 0.207. The van der Waals surface area contributed by atoms with E-state index in [2.05, 4.69) is 15.5 Å². The van der Waals surface area contributed by atoms with Gasteiger partial charge in [0, 0.05) is 12.1 Å². The van der Waals surface area contributed by atoms with Crippen molar-refractivity contribution in [2.75, 3.05) is 6.54 Å². The summed E-state index contributed by atoms with van der Waals surface area (Å²) < 4.78 is 1.80. The topological polar surface area (TPSA) is 100 Å². The first-order valence-electron chi connectivity index (χ1n) is 6.39. The predicted molar refractivity (Wildman–Crippen MR) is 72.0 cm³/mol. The molecule has 0 radical (unpaired) electrons. The maximum Gasteiger partial charge on any atom is 0.323 e. The highest BCUT2D eigenvalue weighted by molar-refractivity contribution is 5.80. The summed E-state index contributed by atoms with van der Waals surface area (Å²) in [5.41, 5.74) is -0.582. The molecular formula is C12H21N5O3. The molecule has 0 aromatic carbocycles. The summed E-state index contributed by atoms with van der Waals surface area (Å²) in [7, 11) is 0. The zero-order valence-electron chi connectivity index (χ0n) is 12.3. The third-order valence-electron chi connectivity index (χ3n) is 2.78. The molecule has 0 aliphatic rings. The third kappa shape index (κ3) is 4.22. The Kier molecular flexibility index (Phi) is 5.06. The van der Waals surface area contributed by atoms with E-state index >= 15 is 0 Å². The van der Waals surface area contributed by atoms with Crippen molar-refractivity contribution in [3.05, 3.63) is 12.2 Å². The molecule has 1 aromatic heterocycles. The van der Waals surface area contributed by atoms with Gasteiger partial charge in [-0.05, 0) is 27.7 Å². The number of carbonyl (C=O) groups excluding carboxylic acids is 1. The Bertz CT molecular complexity index is 478. The average Bonchev–Trinajstić information content (AvgIpc) is 2.78. The second-order valence-corrected chi connectivity index (χ2v) is 5.34. The van der Waals surface area contributed by atoms with Crippen LogP contribution < -0.4 is 5.32 Å². The number of nitrogens with one attached hydrogen (secondary N) is 1. The Morgan fingerprint density at radius 3 is 2.60 bits per heavy atom. The van der Waals surface area contributed by atoms with Gasteiger partial charge in [-0.2, -0.15) is 0 Å². The number of aryl methyl sites for hydroxylation is 1. The number of carboxylic acid groups (broad SMARTS) is 1. The fourth-order valence-corrected chi connectivity index (χ4v) is 1.68. The Hall–Kier alpha value is -2.12. The van der Waals surface area contributed by atoms with Crippen LogP contribution in [0.2, 0.25) is 0 Å². The number of hydrogen-bond donors (Lipinski definition) is 2. The van der Waals surface area contributed by atoms with Crippen LogP contribution in [0, 0.1) is 0 Å². The molecule has 2 N–H and O–H groups in total. The van der Waals surface area contributed by atoms with Crippen molar-refractivity contribution in [2.45, 2.75) is 46.3 Å². The molecule has 0 aliphatic carbocycles. The smallest absolute Gasteiger partial charge is 0.323 e. The largest absolute Gasteiger partial charge is 0.480 e. The normalized spacial score (nSPS) is 11.2. The van der Waals surface area contributed by atoms with Crippen molar-refractivity contribution >= 4 is 12.0 Å². The molecular weight excluding hydrogens is 262 g/mol. The van der Waals surface area contributed by atoms with Gasteiger partial charge in [0.05, 0.1) is 6.54 Å². The lowest BCUT2D eigenvalue weighted by Crippen LogP contribution is -2.52. The molecule has 0 bridgehead atoms. The third-order valence-corrected chi connectivity index (χ3v) is 2.78. The fourth-order valence-electron chi connectivity index (χ4n) is 1.68. The van der Waals surface area contributed by atoms with E-state index in [0.29, 0.717) is 12.4 Å². The Balaban J connectivity index is 2.69. The van der Waals surface area contributed by atoms with Gasteiger partial charge in [0.25, 0.3) is 0 Å². The van der Waals surface area contributed by atoms with Crippen molar-refractivity contribution in [1.82, 2.24) is 25.0 Å². The van der Waals surface area contributed by atoms with E-state index in [0.717, 1.165) is 0 Å². The van der Waals surface area contributed by atoms with Crippen molar-refractivity contribution in [1.29, 1.82) is 0 Å². The number of carbonyl (C=O) groups is 2. The molecule has 1 heterocycles. The molecule has 1 rings (SSSR count). The maximum atomic E-state index is 12.1. The van der Waals surface area contributed by atoms with Crippen LogP contribution in [0.4, 0.5) is 4.79 Å². The molecule has 0 spiro atoms. The van der Waals surface area contributed by atoms with Crippen LogP contribution in [0.25, 0.3) is 0 Å². The van der Waals surface area contributed by atoms with Crippen molar-refractivity contribution in [2.24, 2.45) is 0 Å². The van der Waals surface area contributed by atoms with Crippen molar-refractivity contribution < 1.29 is 14.7 Å². The molecule has 1 aromatic rings. The van der Waals surface area contributed by atoms with Crippen LogP contribution >= 0.6 is 0 Å². The van der Waals surface area contributed by atoms with Gasteiger partial charge in [0.15, 0.2) is 5.82 Å². The van der Waals surface area contributed by atoms with Gasteiger partial charge >= 0.3 is 12.0 Å². The van der Waals surface area contributed by atoms with Crippen LogP contribution in [0.5, 0.6) is 0 Å². The monoisotopic (exact) mass is 283 g/mol. The molecule has 0 fully saturated rings. The van der Waals surface area contributed by atoms with E-state index in [9.17, 15) is 9.59 Å². The van der Waals surface area contributed by atoms with Gasteiger partial charge in [-0.25, -0.2) is 4.79 Å². The van der Waals surface area contributed by atoms with E-state index < -0.39 is 17.5 Å². The summed E-state index contributed by atoms with van der Waals surface area (Å²) in [6.45, 7) is 7.85. The molecule has 0 atom stereocenters. The molecule has 0 saturated carbocycles. The van der Waals surface area contributed by atoms with Gasteiger partial charge in [-0.1, -0.05) is 0 Å². The molecule has 112 valence electrons. The second-order valence-electron chi connectivity index (χ2n) is 5.34. The van der Waals surface area contributed by atoms with E-state index in [1.807, 2.05) is 6.92 Å². The van der Waals surface area contributed by atoms with Gasteiger partial charge in [0.2, 0.25) is 0 Å². The first-order valence-corrected chi connectivity index (χ1v) is 6.39. The standard InChI is InChI=1S/C12H21N5O3/c1-5-16-8-14-15-9(16)6-13-11(20)17(7-10(18)19)12(2,3)4/h8H,5-7H2,1-4H3,(H,13,20)(H,18,19). The highest BCUT2D eigenvalue weighted by atomic mass is 16.4. The molecule has 0 saturated heterocycles. The highest BCUT2D eigenvalue weighted by Gasteiger charge is 2.28. The van der Waals surface area contributed by atoms with Crippen LogP contribution in [-0.2, 0) is 17.9 Å². The van der Waals surface area contributed by atoms with E-state index in [1.165, 1.54) is 4.90 Å². The molecule has 0 unspecified atom stereocenters. The highest BCUT2D eigenvalue weighted by Crippen LogP contribution is 2.13. The lowest BCUT2D eigenvalue weighted by atomic mass is 10.1. The zero-order valence-corrected chi connectivity index (χ0v) is 12.3. The molecule has 2 amide bonds. The SMILES string of the molecule is CCn1cnnc1CNC(=O)N(CC(=O)O)C(C)(C)C. The van der Waals surface area contributed by atoms with Crippen LogP contribution in [0.1, 0.15) is 33.5 Å². The first-order chi connectivity index (χ1) is 9.25. The van der Waals surface area contributed by atoms with Crippen molar-refractivity contribution in [3.8, 4) is 0 Å². The quantitative estimate of drug-likeness (QED) is 0.828. The van der Waals surface area contributed by atoms with Crippen LogP contribution in [0.15, 0.2) is 6.33 Å². The van der Waals surface area contributed by atoms with E-state index in [4.69, 9.17) is 5.11 Å². The number of rotatable bonds is 5. The lowest BCUT2D eigenvalue weighted by molar-refractivity contribution is -0.138. The molecule has 0 aliphatic heterocycles. The average molecular weight is 283 g/mol. The van der Waals surface area contributed by atoms with Gasteiger partial charge < -0.3 is 19.9 Å². The first kappa shape index (κ1) is 15.9. The Morgan fingerprint density at radius 1 is 1.45 bits per heavy atom. The van der Waals surface area contributed by atoms with Crippen LogP contribution in [0.3, 0.4) is 0 Å². The van der Waals surface area contributed by atoms with Crippen molar-refractivity contribution in [3.63, 3.8) is 0 Å². The minimum atomic E-state index is -1.05. The minimum Gasteiger partial charge on any atom is -0.480 e. The lowest BCUT2D eigenvalue weighted by Gasteiger charge is -2.34. The number of carboxylic acids is 1. The number of aromatic nitrogens is 3. The Labute approximate surface area is 117 Å². The number of hydrogen-bond acceptors (Lipinski definition) is 4. The summed E-state index contributed by atoms with van der Waals surface area (Å²) in [6.07, 6.45) is 1.58. The van der Waals surface area contributed by atoms with Gasteiger partial charge in [-0.15, -0.1) is 10.2 Å². The number of amides is 2. The molecule has 8 heteroatoms. The van der Waals surface area contributed by atoms with Gasteiger partial charge in [-0.3, -0.25) is 4.79 Å². The second kappa shape index (κ2) is 6.36. The molecule has 8 nitrogen and oxygen atoms in total. The van der Waals surface area contributed by atoms with Crippen LogP contribution in [-0.4, -0.2) is 48.9 Å². The summed E-state index contributed by atoms with van der Waals surface area (Å²) in [6, 6.07) is -0.439. The van der Waals surface area contributed by atoms with E-state index in [1.54, 1.807) is 31.7 Å².